The molecule has 0 aliphatic heterocycles. The van der Waals surface area contributed by atoms with Gasteiger partial charge in [-0.2, -0.15) is 9.36 Å². The van der Waals surface area contributed by atoms with E-state index >= 15 is 0 Å². The summed E-state index contributed by atoms with van der Waals surface area (Å²) < 4.78 is 9.29. The monoisotopic (exact) mass is 445 g/mol. The summed E-state index contributed by atoms with van der Waals surface area (Å²) in [5, 5.41) is 11.6. The highest BCUT2D eigenvalue weighted by Crippen LogP contribution is 2.26. The van der Waals surface area contributed by atoms with Gasteiger partial charge in [0.1, 0.15) is 19.5 Å². The fourth-order valence-electron chi connectivity index (χ4n) is 2.73. The van der Waals surface area contributed by atoms with Gasteiger partial charge >= 0.3 is 5.69 Å². The lowest BCUT2D eigenvalue weighted by Gasteiger charge is -2.14. The Bertz CT molecular complexity index is 1090. The van der Waals surface area contributed by atoms with Crippen molar-refractivity contribution in [2.75, 3.05) is 7.11 Å². The summed E-state index contributed by atoms with van der Waals surface area (Å²) in [4.78, 5) is 17.1. The summed E-state index contributed by atoms with van der Waals surface area (Å²) in [5.74, 6) is 0.738. The molecule has 1 aromatic heterocycles. The Morgan fingerprint density at radius 3 is 2.68 bits per heavy atom. The number of hydrogen-bond acceptors (Lipinski definition) is 6. The number of ether oxygens (including phenoxy) is 1. The van der Waals surface area contributed by atoms with Crippen LogP contribution in [0.2, 0.25) is 0 Å². The molecule has 2 aromatic carbocycles. The van der Waals surface area contributed by atoms with E-state index in [1.165, 1.54) is 16.5 Å². The molecule has 0 spiro atoms. The number of aryl methyl sites for hydroxylation is 2. The molecular formula is C19H20BrN5O3. The molecule has 0 amide bonds. The molecule has 0 fully saturated rings. The highest BCUT2D eigenvalue weighted by atomic mass is 79.9. The fourth-order valence-corrected chi connectivity index (χ4v) is 3.20. The number of aromatic nitrogens is 4. The Hall–Kier alpha value is -2.94. The third-order valence-corrected chi connectivity index (χ3v) is 4.98. The van der Waals surface area contributed by atoms with Gasteiger partial charge in [-0.1, -0.05) is 27.2 Å². The summed E-state index contributed by atoms with van der Waals surface area (Å²) in [5.41, 5.74) is 3.79. The van der Waals surface area contributed by atoms with Crippen LogP contribution in [0.4, 0.5) is 0 Å². The van der Waals surface area contributed by atoms with Crippen LogP contribution in [0.1, 0.15) is 23.6 Å². The minimum Gasteiger partial charge on any atom is -0.489 e. The number of tetrazole rings is 1. The average Bonchev–Trinajstić information content (AvgIpc) is 3.00. The Labute approximate surface area is 170 Å². The highest BCUT2D eigenvalue weighted by molar-refractivity contribution is 9.10. The second-order valence-electron chi connectivity index (χ2n) is 6.16. The molecule has 0 aliphatic rings. The Morgan fingerprint density at radius 1 is 1.25 bits per heavy atom. The topological polar surface area (TPSA) is 83.5 Å². The number of benzene rings is 2. The van der Waals surface area contributed by atoms with E-state index in [4.69, 9.17) is 9.57 Å². The van der Waals surface area contributed by atoms with Crippen LogP contribution in [0, 0.1) is 6.92 Å². The van der Waals surface area contributed by atoms with Crippen molar-refractivity contribution >= 4 is 21.6 Å². The predicted molar refractivity (Wildman–Crippen MR) is 109 cm³/mol. The van der Waals surface area contributed by atoms with Gasteiger partial charge in [-0.25, -0.2) is 4.79 Å². The van der Waals surface area contributed by atoms with Crippen molar-refractivity contribution in [3.63, 3.8) is 0 Å². The Morgan fingerprint density at radius 2 is 2.04 bits per heavy atom. The van der Waals surface area contributed by atoms with E-state index in [1.807, 2.05) is 44.2 Å². The minimum atomic E-state index is -0.326. The smallest absolute Gasteiger partial charge is 0.368 e. The molecule has 3 aromatic rings. The summed E-state index contributed by atoms with van der Waals surface area (Å²) in [6.07, 6.45) is 0. The molecule has 0 saturated heterocycles. The van der Waals surface area contributed by atoms with Gasteiger partial charge in [0.25, 0.3) is 0 Å². The summed E-state index contributed by atoms with van der Waals surface area (Å²) >= 11 is 3.54. The molecule has 8 nitrogen and oxygen atoms in total. The van der Waals surface area contributed by atoms with E-state index in [0.29, 0.717) is 5.69 Å². The van der Waals surface area contributed by atoms with Crippen molar-refractivity contribution in [1.82, 2.24) is 19.8 Å². The van der Waals surface area contributed by atoms with Crippen molar-refractivity contribution in [3.05, 3.63) is 68.0 Å². The summed E-state index contributed by atoms with van der Waals surface area (Å²) in [7, 11) is 3.07. The van der Waals surface area contributed by atoms with Crippen LogP contribution in [0.3, 0.4) is 0 Å². The van der Waals surface area contributed by atoms with E-state index in [1.54, 1.807) is 13.1 Å². The average molecular weight is 446 g/mol. The summed E-state index contributed by atoms with van der Waals surface area (Å²) in [6.45, 7) is 4.10. The number of hydrogen-bond donors (Lipinski definition) is 0. The van der Waals surface area contributed by atoms with Gasteiger partial charge in [0, 0.05) is 17.1 Å². The normalized spacial score (nSPS) is 11.5. The molecule has 0 aliphatic carbocycles. The largest absolute Gasteiger partial charge is 0.489 e. The van der Waals surface area contributed by atoms with Crippen molar-refractivity contribution in [3.8, 4) is 11.4 Å². The van der Waals surface area contributed by atoms with Crippen molar-refractivity contribution in [1.29, 1.82) is 0 Å². The Balaban J connectivity index is 1.89. The standard InChI is InChI=1S/C19H20BrN5O3/c1-12-10-14(13(2)21-27-4)8-9-18(12)28-11-15-16(20)6-5-7-17(15)25-19(26)24(3)22-23-25/h5-10H,11H2,1-4H3/b21-13+. The van der Waals surface area contributed by atoms with Gasteiger partial charge in [0.05, 0.1) is 11.4 Å². The van der Waals surface area contributed by atoms with Gasteiger partial charge in [-0.05, 0) is 65.7 Å². The van der Waals surface area contributed by atoms with E-state index in [9.17, 15) is 4.79 Å². The first-order valence-electron chi connectivity index (χ1n) is 8.50. The zero-order valence-electron chi connectivity index (χ0n) is 16.0. The van der Waals surface area contributed by atoms with Gasteiger partial charge in [0.15, 0.2) is 0 Å². The molecule has 0 radical (unpaired) electrons. The van der Waals surface area contributed by atoms with Crippen LogP contribution in [0.15, 0.2) is 50.8 Å². The summed E-state index contributed by atoms with van der Waals surface area (Å²) in [6, 6.07) is 11.3. The lowest BCUT2D eigenvalue weighted by atomic mass is 10.1. The van der Waals surface area contributed by atoms with Gasteiger partial charge < -0.3 is 9.57 Å². The molecule has 146 valence electrons. The number of nitrogens with zero attached hydrogens (tertiary/aromatic N) is 5. The first kappa shape index (κ1) is 19.8. The number of oxime groups is 1. The van der Waals surface area contributed by atoms with E-state index < -0.39 is 0 Å². The molecule has 0 atom stereocenters. The van der Waals surface area contributed by atoms with E-state index in [-0.39, 0.29) is 12.3 Å². The van der Waals surface area contributed by atoms with Crippen LogP contribution >= 0.6 is 15.9 Å². The maximum atomic E-state index is 12.2. The SMILES string of the molecule is CO/N=C(\C)c1ccc(OCc2c(Br)cccc2-n2nnn(C)c2=O)c(C)c1. The van der Waals surface area contributed by atoms with Crippen molar-refractivity contribution in [2.45, 2.75) is 20.5 Å². The molecule has 0 unspecified atom stereocenters. The maximum Gasteiger partial charge on any atom is 0.368 e. The lowest BCUT2D eigenvalue weighted by molar-refractivity contribution is 0.213. The molecule has 9 heteroatoms. The highest BCUT2D eigenvalue weighted by Gasteiger charge is 2.15. The maximum absolute atomic E-state index is 12.2. The molecular weight excluding hydrogens is 426 g/mol. The number of halogens is 1. The molecule has 3 rings (SSSR count). The second-order valence-corrected chi connectivity index (χ2v) is 7.02. The minimum absolute atomic E-state index is 0.255. The van der Waals surface area contributed by atoms with Gasteiger partial charge in [-0.15, -0.1) is 0 Å². The molecule has 0 N–H and O–H groups in total. The van der Waals surface area contributed by atoms with Gasteiger partial charge in [-0.3, -0.25) is 0 Å². The zero-order chi connectivity index (χ0) is 20.3. The molecule has 28 heavy (non-hydrogen) atoms. The predicted octanol–water partition coefficient (Wildman–Crippen LogP) is 2.99. The molecule has 1 heterocycles. The van der Waals surface area contributed by atoms with E-state index in [2.05, 4.69) is 31.5 Å². The van der Waals surface area contributed by atoms with Gasteiger partial charge in [0.2, 0.25) is 0 Å². The first-order valence-corrected chi connectivity index (χ1v) is 9.30. The second kappa shape index (κ2) is 8.39. The third-order valence-electron chi connectivity index (χ3n) is 4.24. The van der Waals surface area contributed by atoms with E-state index in [0.717, 1.165) is 32.6 Å². The third kappa shape index (κ3) is 3.99. The fraction of sp³-hybridized carbons (Fsp3) is 0.263. The van der Waals surface area contributed by atoms with Crippen LogP contribution in [-0.4, -0.2) is 32.6 Å². The Kier molecular flexibility index (Phi) is 5.93. The zero-order valence-corrected chi connectivity index (χ0v) is 17.6. The quantitative estimate of drug-likeness (QED) is 0.430. The number of rotatable bonds is 6. The van der Waals surface area contributed by atoms with Crippen molar-refractivity contribution < 1.29 is 9.57 Å². The lowest BCUT2D eigenvalue weighted by Crippen LogP contribution is -2.23. The molecule has 0 bridgehead atoms. The van der Waals surface area contributed by atoms with Crippen LogP contribution in [-0.2, 0) is 18.5 Å². The van der Waals surface area contributed by atoms with Crippen LogP contribution in [0.5, 0.6) is 5.75 Å². The van der Waals surface area contributed by atoms with Crippen LogP contribution < -0.4 is 10.4 Å². The first-order chi connectivity index (χ1) is 13.4. The van der Waals surface area contributed by atoms with Crippen molar-refractivity contribution in [2.24, 2.45) is 12.2 Å². The van der Waals surface area contributed by atoms with Crippen LogP contribution in [0.25, 0.3) is 5.69 Å². The molecule has 0 saturated carbocycles.